The lowest BCUT2D eigenvalue weighted by atomic mass is 10.3. The second-order valence-corrected chi connectivity index (χ2v) is 2.69. The van der Waals surface area contributed by atoms with E-state index in [0.29, 0.717) is 13.2 Å². The second kappa shape index (κ2) is 9.45. The van der Waals surface area contributed by atoms with Crippen molar-refractivity contribution < 1.29 is 9.84 Å². The maximum absolute atomic E-state index is 8.42. The van der Waals surface area contributed by atoms with Crippen LogP contribution in [0.1, 0.15) is 13.3 Å². The van der Waals surface area contributed by atoms with Gasteiger partial charge >= 0.3 is 0 Å². The van der Waals surface area contributed by atoms with E-state index < -0.39 is 0 Å². The highest BCUT2D eigenvalue weighted by atomic mass is 16.5. The van der Waals surface area contributed by atoms with Crippen LogP contribution < -0.4 is 5.32 Å². The van der Waals surface area contributed by atoms with Crippen LogP contribution in [-0.2, 0) is 4.74 Å². The van der Waals surface area contributed by atoms with Gasteiger partial charge in [0.15, 0.2) is 0 Å². The van der Waals surface area contributed by atoms with Gasteiger partial charge in [-0.1, -0.05) is 18.2 Å². The average Bonchev–Trinajstić information content (AvgIpc) is 2.13. The van der Waals surface area contributed by atoms with Crippen molar-refractivity contribution in [2.75, 3.05) is 19.9 Å². The molecule has 0 radical (unpaired) electrons. The van der Waals surface area contributed by atoms with Crippen LogP contribution in [0, 0.1) is 0 Å². The molecule has 1 atom stereocenters. The van der Waals surface area contributed by atoms with Crippen molar-refractivity contribution in [1.29, 1.82) is 0 Å². The van der Waals surface area contributed by atoms with Gasteiger partial charge < -0.3 is 9.84 Å². The quantitative estimate of drug-likeness (QED) is 0.337. The molecule has 0 rings (SSSR count). The maximum atomic E-state index is 8.42. The number of aliphatic hydroxyl groups is 1. The molecule has 0 aliphatic heterocycles. The minimum atomic E-state index is 0.00996. The van der Waals surface area contributed by atoms with E-state index in [1.165, 1.54) is 0 Å². The Bertz CT molecular complexity index is 146. The molecule has 0 fully saturated rings. The van der Waals surface area contributed by atoms with Gasteiger partial charge in [-0.05, 0) is 13.3 Å². The van der Waals surface area contributed by atoms with Crippen LogP contribution in [0.2, 0.25) is 0 Å². The third-order valence-electron chi connectivity index (χ3n) is 1.48. The number of nitrogens with one attached hydrogen (secondary N) is 1. The lowest BCUT2D eigenvalue weighted by molar-refractivity contribution is 0.101. The molecule has 0 heterocycles. The minimum Gasteiger partial charge on any atom is -0.381 e. The number of rotatable bonds is 8. The Morgan fingerprint density at radius 1 is 1.62 bits per heavy atom. The summed E-state index contributed by atoms with van der Waals surface area (Å²) in [6.07, 6.45) is 6.75. The number of hydrogen-bond acceptors (Lipinski definition) is 3. The van der Waals surface area contributed by atoms with E-state index in [0.717, 1.165) is 6.42 Å². The summed E-state index contributed by atoms with van der Waals surface area (Å²) in [5.74, 6) is 0. The van der Waals surface area contributed by atoms with E-state index in [1.807, 2.05) is 25.2 Å². The highest BCUT2D eigenvalue weighted by Crippen LogP contribution is 1.94. The Morgan fingerprint density at radius 2 is 2.38 bits per heavy atom. The van der Waals surface area contributed by atoms with Crippen molar-refractivity contribution in [1.82, 2.24) is 5.32 Å². The molecule has 76 valence electrons. The molecule has 0 aliphatic carbocycles. The molecule has 0 saturated heterocycles. The monoisotopic (exact) mass is 185 g/mol. The van der Waals surface area contributed by atoms with Crippen LogP contribution in [0.15, 0.2) is 24.8 Å². The summed E-state index contributed by atoms with van der Waals surface area (Å²) in [5, 5.41) is 11.2. The van der Waals surface area contributed by atoms with Crippen LogP contribution in [0.25, 0.3) is 0 Å². The van der Waals surface area contributed by atoms with E-state index in [2.05, 4.69) is 11.9 Å². The Labute approximate surface area is 80.1 Å². The molecule has 0 aromatic heterocycles. The standard InChI is InChI=1S/C10H19NO2/c1-3-4-8-13-10(2)6-5-7-11-9-12/h3,5-6,10-12H,1,4,7-9H2,2H3/b6-5-. The predicted octanol–water partition coefficient (Wildman–Crippen LogP) is 1.06. The lowest BCUT2D eigenvalue weighted by Gasteiger charge is -2.06. The Morgan fingerprint density at radius 3 is 3.00 bits per heavy atom. The average molecular weight is 185 g/mol. The smallest absolute Gasteiger partial charge is 0.0933 e. The Kier molecular flexibility index (Phi) is 8.98. The molecule has 0 aromatic carbocycles. The summed E-state index contributed by atoms with van der Waals surface area (Å²) in [7, 11) is 0. The normalized spacial score (nSPS) is 13.4. The van der Waals surface area contributed by atoms with E-state index in [1.54, 1.807) is 0 Å². The highest BCUT2D eigenvalue weighted by molar-refractivity contribution is 4.88. The van der Waals surface area contributed by atoms with E-state index >= 15 is 0 Å². The molecule has 0 saturated carbocycles. The van der Waals surface area contributed by atoms with Crippen LogP contribution in [0.5, 0.6) is 0 Å². The summed E-state index contributed by atoms with van der Waals surface area (Å²) in [5.41, 5.74) is 0. The minimum absolute atomic E-state index is 0.00996. The molecule has 3 heteroatoms. The molecule has 0 aliphatic rings. The summed E-state index contributed by atoms with van der Waals surface area (Å²) in [4.78, 5) is 0. The third kappa shape index (κ3) is 9.27. The van der Waals surface area contributed by atoms with E-state index in [-0.39, 0.29) is 12.8 Å². The predicted molar refractivity (Wildman–Crippen MR) is 54.5 cm³/mol. The fourth-order valence-electron chi connectivity index (χ4n) is 0.800. The molecule has 0 bridgehead atoms. The van der Waals surface area contributed by atoms with Crippen molar-refractivity contribution >= 4 is 0 Å². The van der Waals surface area contributed by atoms with Gasteiger partial charge in [0.1, 0.15) is 0 Å². The zero-order valence-electron chi connectivity index (χ0n) is 8.20. The van der Waals surface area contributed by atoms with Crippen molar-refractivity contribution in [3.8, 4) is 0 Å². The highest BCUT2D eigenvalue weighted by Gasteiger charge is 1.93. The van der Waals surface area contributed by atoms with Gasteiger partial charge in [0.05, 0.1) is 19.4 Å². The fraction of sp³-hybridized carbons (Fsp3) is 0.600. The summed E-state index contributed by atoms with van der Waals surface area (Å²) >= 11 is 0. The Balaban J connectivity index is 3.31. The van der Waals surface area contributed by atoms with Gasteiger partial charge in [0, 0.05) is 6.54 Å². The Hall–Kier alpha value is -0.640. The van der Waals surface area contributed by atoms with Gasteiger partial charge in [0.2, 0.25) is 0 Å². The molecular formula is C10H19NO2. The molecule has 0 aromatic rings. The second-order valence-electron chi connectivity index (χ2n) is 2.69. The summed E-state index contributed by atoms with van der Waals surface area (Å²) in [6.45, 7) is 6.99. The van der Waals surface area contributed by atoms with Gasteiger partial charge in [0.25, 0.3) is 0 Å². The first-order valence-corrected chi connectivity index (χ1v) is 4.52. The van der Waals surface area contributed by atoms with E-state index in [4.69, 9.17) is 9.84 Å². The molecule has 2 N–H and O–H groups in total. The zero-order chi connectivity index (χ0) is 9.94. The van der Waals surface area contributed by atoms with Crippen LogP contribution in [0.4, 0.5) is 0 Å². The number of hydrogen-bond donors (Lipinski definition) is 2. The molecule has 0 amide bonds. The van der Waals surface area contributed by atoms with Crippen molar-refractivity contribution in [2.45, 2.75) is 19.4 Å². The van der Waals surface area contributed by atoms with Crippen molar-refractivity contribution in [2.24, 2.45) is 0 Å². The van der Waals surface area contributed by atoms with Gasteiger partial charge in [-0.15, -0.1) is 6.58 Å². The maximum Gasteiger partial charge on any atom is 0.0933 e. The molecule has 3 nitrogen and oxygen atoms in total. The van der Waals surface area contributed by atoms with Gasteiger partial charge in [-0.25, -0.2) is 0 Å². The number of aliphatic hydroxyl groups excluding tert-OH is 1. The fourth-order valence-corrected chi connectivity index (χ4v) is 0.800. The largest absolute Gasteiger partial charge is 0.381 e. The molecule has 13 heavy (non-hydrogen) atoms. The van der Waals surface area contributed by atoms with Crippen LogP contribution in [-0.4, -0.2) is 31.1 Å². The van der Waals surface area contributed by atoms with Crippen LogP contribution >= 0.6 is 0 Å². The number of ether oxygens (including phenoxy) is 1. The third-order valence-corrected chi connectivity index (χ3v) is 1.48. The van der Waals surface area contributed by atoms with Crippen molar-refractivity contribution in [3.63, 3.8) is 0 Å². The van der Waals surface area contributed by atoms with Crippen molar-refractivity contribution in [3.05, 3.63) is 24.8 Å². The zero-order valence-corrected chi connectivity index (χ0v) is 8.20. The van der Waals surface area contributed by atoms with Gasteiger partial charge in [-0.3, -0.25) is 5.32 Å². The summed E-state index contributed by atoms with van der Waals surface area (Å²) in [6, 6.07) is 0. The molecule has 0 spiro atoms. The SMILES string of the molecule is C=CCCOC(C)/C=C\CNCO. The first-order valence-electron chi connectivity index (χ1n) is 4.52. The first kappa shape index (κ1) is 12.4. The topological polar surface area (TPSA) is 41.5 Å². The van der Waals surface area contributed by atoms with E-state index in [9.17, 15) is 0 Å². The first-order chi connectivity index (χ1) is 6.31. The summed E-state index contributed by atoms with van der Waals surface area (Å²) < 4.78 is 5.41. The lowest BCUT2D eigenvalue weighted by Crippen LogP contribution is -2.14. The molecule has 1 unspecified atom stereocenters. The van der Waals surface area contributed by atoms with Crippen LogP contribution in [0.3, 0.4) is 0 Å². The molecular weight excluding hydrogens is 166 g/mol. The van der Waals surface area contributed by atoms with Gasteiger partial charge in [-0.2, -0.15) is 0 Å².